The van der Waals surface area contributed by atoms with E-state index in [-0.39, 0.29) is 17.5 Å². The van der Waals surface area contributed by atoms with Gasteiger partial charge < -0.3 is 5.11 Å². The van der Waals surface area contributed by atoms with E-state index < -0.39 is 10.0 Å². The highest BCUT2D eigenvalue weighted by atomic mass is 79.9. The van der Waals surface area contributed by atoms with Gasteiger partial charge >= 0.3 is 0 Å². The Hall–Kier alpha value is -0.430. The summed E-state index contributed by atoms with van der Waals surface area (Å²) >= 11 is 3.31. The smallest absolute Gasteiger partial charge is 0.244 e. The average molecular weight is 362 g/mol. The third-order valence-electron chi connectivity index (χ3n) is 3.26. The highest BCUT2D eigenvalue weighted by molar-refractivity contribution is 9.10. The van der Waals surface area contributed by atoms with Crippen molar-refractivity contribution in [1.29, 1.82) is 0 Å². The van der Waals surface area contributed by atoms with Crippen molar-refractivity contribution in [1.82, 2.24) is 4.31 Å². The predicted octanol–water partition coefficient (Wildman–Crippen LogP) is 2.75. The minimum Gasteiger partial charge on any atom is -0.392 e. The Kier molecular flexibility index (Phi) is 4.89. The zero-order valence-electron chi connectivity index (χ0n) is 11.7. The van der Waals surface area contributed by atoms with Crippen LogP contribution < -0.4 is 0 Å². The number of halogens is 1. The van der Waals surface area contributed by atoms with Crippen LogP contribution in [0.25, 0.3) is 0 Å². The van der Waals surface area contributed by atoms with Gasteiger partial charge in [-0.15, -0.1) is 0 Å². The van der Waals surface area contributed by atoms with Crippen molar-refractivity contribution in [2.75, 3.05) is 6.54 Å². The molecule has 6 heteroatoms. The summed E-state index contributed by atoms with van der Waals surface area (Å²) < 4.78 is 27.7. The largest absolute Gasteiger partial charge is 0.392 e. The molecule has 0 atom stereocenters. The second-order valence-corrected chi connectivity index (χ2v) is 8.34. The number of hydrogen-bond donors (Lipinski definition) is 1. The van der Waals surface area contributed by atoms with Gasteiger partial charge in [-0.1, -0.05) is 19.9 Å². The molecule has 1 N–H and O–H groups in total. The molecule has 112 valence electrons. The van der Waals surface area contributed by atoms with Crippen molar-refractivity contribution in [3.8, 4) is 0 Å². The van der Waals surface area contributed by atoms with E-state index >= 15 is 0 Å². The van der Waals surface area contributed by atoms with Crippen molar-refractivity contribution in [2.24, 2.45) is 5.92 Å². The zero-order valence-corrected chi connectivity index (χ0v) is 14.1. The highest BCUT2D eigenvalue weighted by Gasteiger charge is 2.38. The molecule has 1 aromatic rings. The molecule has 0 saturated heterocycles. The summed E-state index contributed by atoms with van der Waals surface area (Å²) in [5.74, 6) is 0.292. The van der Waals surface area contributed by atoms with Crippen LogP contribution in [0.3, 0.4) is 0 Å². The number of aliphatic hydroxyl groups is 1. The van der Waals surface area contributed by atoms with E-state index in [0.717, 1.165) is 12.8 Å². The molecule has 0 amide bonds. The van der Waals surface area contributed by atoms with E-state index in [2.05, 4.69) is 15.9 Å². The predicted molar refractivity (Wildman–Crippen MR) is 81.8 cm³/mol. The van der Waals surface area contributed by atoms with E-state index in [1.165, 1.54) is 0 Å². The highest BCUT2D eigenvalue weighted by Crippen LogP contribution is 2.35. The fourth-order valence-electron chi connectivity index (χ4n) is 2.14. The van der Waals surface area contributed by atoms with Gasteiger partial charge in [0.15, 0.2) is 0 Å². The topological polar surface area (TPSA) is 57.6 Å². The molecule has 0 radical (unpaired) electrons. The molecule has 1 aliphatic rings. The van der Waals surface area contributed by atoms with Gasteiger partial charge in [0, 0.05) is 17.1 Å². The molecule has 0 aliphatic heterocycles. The third-order valence-corrected chi connectivity index (χ3v) is 6.16. The maximum Gasteiger partial charge on any atom is 0.244 e. The monoisotopic (exact) mass is 361 g/mol. The molecule has 20 heavy (non-hydrogen) atoms. The number of hydrogen-bond acceptors (Lipinski definition) is 3. The minimum absolute atomic E-state index is 0.0999. The van der Waals surface area contributed by atoms with Crippen LogP contribution >= 0.6 is 15.9 Å². The standard InChI is InChI=1S/C14H20BrNO3S/c1-10(2)8-16(12-4-5-12)20(18,19)14-6-3-11(9-17)7-13(14)15/h3,6-7,10,12,17H,4-5,8-9H2,1-2H3. The summed E-state index contributed by atoms with van der Waals surface area (Å²) in [6, 6.07) is 5.03. The summed E-state index contributed by atoms with van der Waals surface area (Å²) in [5.41, 5.74) is 0.692. The van der Waals surface area contributed by atoms with Gasteiger partial charge in [0.2, 0.25) is 10.0 Å². The fourth-order valence-corrected chi connectivity index (χ4v) is 5.08. The Bertz CT molecular complexity index is 582. The van der Waals surface area contributed by atoms with Gasteiger partial charge in [-0.2, -0.15) is 4.31 Å². The maximum absolute atomic E-state index is 12.8. The first-order chi connectivity index (χ1) is 9.36. The average Bonchev–Trinajstić information content (AvgIpc) is 3.19. The summed E-state index contributed by atoms with van der Waals surface area (Å²) in [7, 11) is -3.48. The van der Waals surface area contributed by atoms with Crippen LogP contribution in [0.4, 0.5) is 0 Å². The molecule has 1 saturated carbocycles. The fraction of sp³-hybridized carbons (Fsp3) is 0.571. The van der Waals surface area contributed by atoms with Gasteiger partial charge in [0.1, 0.15) is 0 Å². The van der Waals surface area contributed by atoms with Crippen LogP contribution in [0.1, 0.15) is 32.3 Å². The Morgan fingerprint density at radius 2 is 2.05 bits per heavy atom. The second kappa shape index (κ2) is 6.13. The van der Waals surface area contributed by atoms with Gasteiger partial charge in [-0.3, -0.25) is 0 Å². The van der Waals surface area contributed by atoms with Gasteiger partial charge in [0.05, 0.1) is 11.5 Å². The first kappa shape index (κ1) is 15.9. The van der Waals surface area contributed by atoms with Crippen molar-refractivity contribution in [3.05, 3.63) is 28.2 Å². The normalized spacial score (nSPS) is 16.1. The number of benzene rings is 1. The molecule has 0 aromatic heterocycles. The lowest BCUT2D eigenvalue weighted by Gasteiger charge is -2.24. The van der Waals surface area contributed by atoms with Crippen molar-refractivity contribution >= 4 is 26.0 Å². The van der Waals surface area contributed by atoms with Crippen LogP contribution in [0, 0.1) is 5.92 Å². The zero-order chi connectivity index (χ0) is 14.9. The SMILES string of the molecule is CC(C)CN(C1CC1)S(=O)(=O)c1ccc(CO)cc1Br. The molecule has 0 heterocycles. The van der Waals surface area contributed by atoms with Crippen LogP contribution in [0.5, 0.6) is 0 Å². The van der Waals surface area contributed by atoms with Crippen LogP contribution in [-0.2, 0) is 16.6 Å². The lowest BCUT2D eigenvalue weighted by Crippen LogP contribution is -2.36. The maximum atomic E-state index is 12.8. The first-order valence-electron chi connectivity index (χ1n) is 6.77. The van der Waals surface area contributed by atoms with Crippen molar-refractivity contribution in [3.63, 3.8) is 0 Å². The summed E-state index contributed by atoms with van der Waals surface area (Å²) in [4.78, 5) is 0.280. The quantitative estimate of drug-likeness (QED) is 0.847. The molecule has 2 rings (SSSR count). The van der Waals surface area contributed by atoms with E-state index in [1.807, 2.05) is 13.8 Å². The number of rotatable bonds is 6. The lowest BCUT2D eigenvalue weighted by atomic mass is 10.2. The Balaban J connectivity index is 2.37. The number of sulfonamides is 1. The molecular formula is C14H20BrNO3S. The molecular weight excluding hydrogens is 342 g/mol. The van der Waals surface area contributed by atoms with E-state index in [9.17, 15) is 8.42 Å². The van der Waals surface area contributed by atoms with Gasteiger partial charge in [0.25, 0.3) is 0 Å². The van der Waals surface area contributed by atoms with Crippen molar-refractivity contribution in [2.45, 2.75) is 44.2 Å². The van der Waals surface area contributed by atoms with Crippen LogP contribution in [-0.4, -0.2) is 30.4 Å². The molecule has 4 nitrogen and oxygen atoms in total. The minimum atomic E-state index is -3.48. The second-order valence-electron chi connectivity index (χ2n) is 5.62. The van der Waals surface area contributed by atoms with Crippen molar-refractivity contribution < 1.29 is 13.5 Å². The molecule has 1 aliphatic carbocycles. The number of aliphatic hydroxyl groups excluding tert-OH is 1. The molecule has 1 aromatic carbocycles. The van der Waals surface area contributed by atoms with E-state index in [4.69, 9.17) is 5.11 Å². The Morgan fingerprint density at radius 3 is 2.50 bits per heavy atom. The number of nitrogens with zero attached hydrogens (tertiary/aromatic N) is 1. The Morgan fingerprint density at radius 1 is 1.40 bits per heavy atom. The van der Waals surface area contributed by atoms with Crippen LogP contribution in [0.15, 0.2) is 27.6 Å². The van der Waals surface area contributed by atoms with Gasteiger partial charge in [-0.25, -0.2) is 8.42 Å². The molecule has 1 fully saturated rings. The third kappa shape index (κ3) is 3.42. The molecule has 0 unspecified atom stereocenters. The summed E-state index contributed by atoms with van der Waals surface area (Å²) in [5, 5.41) is 9.10. The van der Waals surface area contributed by atoms with Crippen LogP contribution in [0.2, 0.25) is 0 Å². The molecule has 0 bridgehead atoms. The summed E-state index contributed by atoms with van der Waals surface area (Å²) in [6.07, 6.45) is 1.89. The lowest BCUT2D eigenvalue weighted by molar-refractivity contribution is 0.281. The van der Waals surface area contributed by atoms with E-state index in [0.29, 0.717) is 22.5 Å². The first-order valence-corrected chi connectivity index (χ1v) is 9.00. The summed E-state index contributed by atoms with van der Waals surface area (Å²) in [6.45, 7) is 4.49. The molecule has 0 spiro atoms. The Labute approximate surface area is 129 Å². The van der Waals surface area contributed by atoms with E-state index in [1.54, 1.807) is 22.5 Å². The van der Waals surface area contributed by atoms with Gasteiger partial charge in [-0.05, 0) is 52.4 Å².